The first kappa shape index (κ1) is 20.9. The van der Waals surface area contributed by atoms with Crippen molar-refractivity contribution in [3.63, 3.8) is 0 Å². The highest BCUT2D eigenvalue weighted by Crippen LogP contribution is 2.40. The van der Waals surface area contributed by atoms with E-state index in [-0.39, 0.29) is 5.41 Å². The van der Waals surface area contributed by atoms with E-state index < -0.39 is 5.91 Å². The Hall–Kier alpha value is -2.35. The normalized spacial score (nSPS) is 16.6. The number of pyridine rings is 1. The molecule has 2 aromatic heterocycles. The number of nitrogens with one attached hydrogen (secondary N) is 1. The second kappa shape index (κ2) is 8.06. The van der Waals surface area contributed by atoms with Gasteiger partial charge in [0.2, 0.25) is 0 Å². The summed E-state index contributed by atoms with van der Waals surface area (Å²) in [5, 5.41) is 0. The Kier molecular flexibility index (Phi) is 5.61. The van der Waals surface area contributed by atoms with Crippen molar-refractivity contribution in [1.82, 2.24) is 9.97 Å². The smallest absolute Gasteiger partial charge is 0.265 e. The third kappa shape index (κ3) is 3.97. The van der Waals surface area contributed by atoms with Crippen molar-refractivity contribution in [1.29, 1.82) is 0 Å². The number of aryl methyl sites for hydroxylation is 1. The van der Waals surface area contributed by atoms with Gasteiger partial charge in [-0.05, 0) is 59.9 Å². The van der Waals surface area contributed by atoms with Crippen molar-refractivity contribution in [3.05, 3.63) is 47.3 Å². The van der Waals surface area contributed by atoms with Crippen molar-refractivity contribution in [3.8, 4) is 11.1 Å². The molecule has 0 spiro atoms. The molecule has 3 N–H and O–H groups in total. The van der Waals surface area contributed by atoms with Crippen molar-refractivity contribution >= 4 is 29.0 Å². The van der Waals surface area contributed by atoms with Gasteiger partial charge in [-0.25, -0.2) is 4.89 Å². The number of hydrogen-bond acceptors (Lipinski definition) is 5. The minimum Gasteiger partial charge on any atom is -0.364 e. The van der Waals surface area contributed by atoms with E-state index in [0.29, 0.717) is 11.6 Å². The highest BCUT2D eigenvalue weighted by molar-refractivity contribution is 7.94. The molecule has 6 nitrogen and oxygen atoms in total. The summed E-state index contributed by atoms with van der Waals surface area (Å²) in [6.45, 7) is 6.89. The van der Waals surface area contributed by atoms with E-state index in [0.717, 1.165) is 64.1 Å². The van der Waals surface area contributed by atoms with Gasteiger partial charge in [-0.15, -0.1) is 0 Å². The van der Waals surface area contributed by atoms with Crippen LogP contribution in [0, 0.1) is 11.3 Å². The lowest BCUT2D eigenvalue weighted by Crippen LogP contribution is -2.27. The molecule has 1 unspecified atom stereocenters. The molecule has 1 aliphatic rings. The molecule has 2 heterocycles. The number of hydrogen-bond donors (Lipinski definition) is 2. The zero-order valence-electron chi connectivity index (χ0n) is 17.7. The summed E-state index contributed by atoms with van der Waals surface area (Å²) < 4.78 is 4.97. The summed E-state index contributed by atoms with van der Waals surface area (Å²) in [4.78, 5) is 26.0. The molecule has 4 rings (SSSR count). The third-order valence-electron chi connectivity index (χ3n) is 5.93. The molecule has 0 saturated heterocycles. The number of nitrogens with two attached hydrogens (primary N) is 1. The number of primary amides is 1. The maximum Gasteiger partial charge on any atom is 0.265 e. The first-order chi connectivity index (χ1) is 14.3. The number of rotatable bonds is 5. The first-order valence-corrected chi connectivity index (χ1v) is 10.8. The van der Waals surface area contributed by atoms with Gasteiger partial charge >= 0.3 is 0 Å². The summed E-state index contributed by atoms with van der Waals surface area (Å²) in [6, 6.07) is 9.86. The number of nitrogens with zero attached hydrogens (tertiary/aromatic N) is 1. The van der Waals surface area contributed by atoms with Crippen LogP contribution < -0.4 is 5.73 Å². The van der Waals surface area contributed by atoms with Crippen LogP contribution in [-0.2, 0) is 22.1 Å². The molecule has 3 aromatic rings. The van der Waals surface area contributed by atoms with Gasteiger partial charge < -0.3 is 10.7 Å². The Morgan fingerprint density at radius 1 is 1.30 bits per heavy atom. The van der Waals surface area contributed by atoms with Gasteiger partial charge in [0.15, 0.2) is 0 Å². The van der Waals surface area contributed by atoms with E-state index in [4.69, 9.17) is 15.1 Å². The van der Waals surface area contributed by atoms with E-state index in [1.54, 1.807) is 0 Å². The molecule has 30 heavy (non-hydrogen) atoms. The number of carbonyl (C=O) groups is 1. The first-order valence-electron chi connectivity index (χ1n) is 10.1. The Morgan fingerprint density at radius 3 is 2.80 bits per heavy atom. The van der Waals surface area contributed by atoms with Crippen LogP contribution in [0.15, 0.2) is 35.2 Å². The molecule has 158 valence electrons. The third-order valence-corrected chi connectivity index (χ3v) is 6.58. The predicted molar refractivity (Wildman–Crippen MR) is 119 cm³/mol. The summed E-state index contributed by atoms with van der Waals surface area (Å²) in [5.74, 6) is 0.114. The average molecular weight is 426 g/mol. The van der Waals surface area contributed by atoms with Crippen LogP contribution in [0.25, 0.3) is 22.2 Å². The Morgan fingerprint density at radius 2 is 2.10 bits per heavy atom. The lowest BCUT2D eigenvalue weighted by atomic mass is 9.71. The second-order valence-electron chi connectivity index (χ2n) is 8.88. The van der Waals surface area contributed by atoms with Crippen LogP contribution in [0.4, 0.5) is 0 Å². The van der Waals surface area contributed by atoms with Crippen LogP contribution in [-0.4, -0.2) is 23.0 Å². The molecule has 0 bridgehead atoms. The van der Waals surface area contributed by atoms with Crippen LogP contribution in [0.2, 0.25) is 0 Å². The van der Waals surface area contributed by atoms with E-state index in [1.807, 2.05) is 24.3 Å². The van der Waals surface area contributed by atoms with Gasteiger partial charge in [-0.3, -0.25) is 9.78 Å². The van der Waals surface area contributed by atoms with E-state index in [9.17, 15) is 4.79 Å². The van der Waals surface area contributed by atoms with E-state index in [1.165, 1.54) is 12.7 Å². The Bertz CT molecular complexity index is 1100. The van der Waals surface area contributed by atoms with Crippen molar-refractivity contribution in [2.45, 2.75) is 44.9 Å². The van der Waals surface area contributed by atoms with Gasteiger partial charge in [0.25, 0.3) is 5.91 Å². The van der Waals surface area contributed by atoms with Crippen LogP contribution in [0.5, 0.6) is 0 Å². The Labute approximate surface area is 180 Å². The molecule has 7 heteroatoms. The van der Waals surface area contributed by atoms with Crippen molar-refractivity contribution < 1.29 is 14.0 Å². The number of carbonyl (C=O) groups excluding carboxylic acids is 1. The Balaban J connectivity index is 1.83. The minimum atomic E-state index is -0.500. The van der Waals surface area contributed by atoms with Gasteiger partial charge in [0, 0.05) is 16.2 Å². The van der Waals surface area contributed by atoms with Crippen LogP contribution in [0.1, 0.15) is 48.9 Å². The highest BCUT2D eigenvalue weighted by Gasteiger charge is 2.30. The van der Waals surface area contributed by atoms with Crippen LogP contribution in [0.3, 0.4) is 0 Å². The van der Waals surface area contributed by atoms with Crippen molar-refractivity contribution in [2.75, 3.05) is 7.11 Å². The fourth-order valence-electron chi connectivity index (χ4n) is 4.25. The zero-order chi connectivity index (χ0) is 21.5. The number of fused-ring (bicyclic) bond motifs is 2. The lowest BCUT2D eigenvalue weighted by Gasteiger charge is -2.34. The quantitative estimate of drug-likeness (QED) is 0.339. The number of aromatic nitrogens is 2. The molecule has 0 fully saturated rings. The average Bonchev–Trinajstić information content (AvgIpc) is 3.08. The van der Waals surface area contributed by atoms with Gasteiger partial charge in [-0.1, -0.05) is 32.9 Å². The summed E-state index contributed by atoms with van der Waals surface area (Å²) in [5.41, 5.74) is 12.0. The molecule has 0 radical (unpaired) electrons. The zero-order valence-corrected chi connectivity index (χ0v) is 18.6. The van der Waals surface area contributed by atoms with E-state index >= 15 is 0 Å². The minimum absolute atomic E-state index is 0.258. The number of amides is 1. The second-order valence-corrected chi connectivity index (χ2v) is 9.66. The van der Waals surface area contributed by atoms with Crippen LogP contribution >= 0.6 is 12.0 Å². The molecule has 1 aliphatic carbocycles. The molecule has 0 aliphatic heterocycles. The maximum atomic E-state index is 12.2. The standard InChI is InChI=1S/C23H27N3O3S/c1-23(2,3)15-8-9-17-14(10-15)12-18-20(25-17)19(21(26-18)22(24)27)13-6-5-7-16(11-13)30-29-28-4/h5-7,11-12,15,26H,8-10H2,1-4H3,(H2,24,27). The number of aromatic amines is 1. The molecule has 1 aromatic carbocycles. The number of H-pyrrole nitrogens is 1. The molecule has 1 atom stereocenters. The largest absolute Gasteiger partial charge is 0.364 e. The predicted octanol–water partition coefficient (Wildman–Crippen LogP) is 5.06. The number of benzene rings is 1. The van der Waals surface area contributed by atoms with Gasteiger partial charge in [0.1, 0.15) is 5.69 Å². The highest BCUT2D eigenvalue weighted by atomic mass is 32.2. The van der Waals surface area contributed by atoms with Crippen molar-refractivity contribution in [2.24, 2.45) is 17.1 Å². The summed E-state index contributed by atoms with van der Waals surface area (Å²) >= 11 is 1.11. The molecule has 1 amide bonds. The fraction of sp³-hybridized carbons (Fsp3) is 0.391. The van der Waals surface area contributed by atoms with Gasteiger partial charge in [-0.2, -0.15) is 4.33 Å². The molecular formula is C23H27N3O3S. The van der Waals surface area contributed by atoms with Gasteiger partial charge in [0.05, 0.1) is 30.2 Å². The lowest BCUT2D eigenvalue weighted by molar-refractivity contribution is -0.160. The van der Waals surface area contributed by atoms with E-state index in [2.05, 4.69) is 36.7 Å². The SMILES string of the molecule is COOSc1cccc(-c2c(C(N)=O)[nH]c3cc4c(nc23)CCC(C(C)(C)C)C4)c1. The fourth-order valence-corrected chi connectivity index (χ4v) is 4.70. The summed E-state index contributed by atoms with van der Waals surface area (Å²) in [7, 11) is 1.46. The monoisotopic (exact) mass is 425 g/mol. The molecule has 0 saturated carbocycles. The maximum absolute atomic E-state index is 12.2. The molecular weight excluding hydrogens is 398 g/mol. The summed E-state index contributed by atoms with van der Waals surface area (Å²) in [6.07, 6.45) is 3.07. The topological polar surface area (TPSA) is 90.2 Å².